The minimum absolute atomic E-state index is 0.0169. The Morgan fingerprint density at radius 3 is 3.00 bits per heavy atom. The number of rotatable bonds is 5. The smallest absolute Gasteiger partial charge is 0.378 e. The fourth-order valence-corrected chi connectivity index (χ4v) is 3.00. The Morgan fingerprint density at radius 2 is 2.27 bits per heavy atom. The lowest BCUT2D eigenvalue weighted by Crippen LogP contribution is -2.48. The number of hydrogen-bond acceptors (Lipinski definition) is 5. The number of imidazole rings is 1. The van der Waals surface area contributed by atoms with Crippen LogP contribution in [0, 0.1) is 0 Å². The van der Waals surface area contributed by atoms with E-state index in [2.05, 4.69) is 32.1 Å². The third-order valence-electron chi connectivity index (χ3n) is 4.41. The predicted molar refractivity (Wildman–Crippen MR) is 87.7 cm³/mol. The second-order valence-corrected chi connectivity index (χ2v) is 6.10. The Bertz CT molecular complexity index is 777. The third-order valence-corrected chi connectivity index (χ3v) is 4.41. The largest absolute Gasteiger partial charge is 0.449 e. The van der Waals surface area contributed by atoms with Gasteiger partial charge in [-0.1, -0.05) is 6.92 Å². The van der Waals surface area contributed by atoms with E-state index < -0.39 is 17.9 Å². The summed E-state index contributed by atoms with van der Waals surface area (Å²) in [5.41, 5.74) is 0.0510. The molecule has 0 saturated carbocycles. The Labute approximate surface area is 147 Å². The number of amides is 1. The van der Waals surface area contributed by atoms with Crippen LogP contribution in [0.4, 0.5) is 13.2 Å². The first-order valence-corrected chi connectivity index (χ1v) is 8.41. The molecule has 0 bridgehead atoms. The highest BCUT2D eigenvalue weighted by molar-refractivity contribution is 6.04. The molecule has 2 aromatic rings. The number of fused-ring (bicyclic) bond motifs is 1. The lowest BCUT2D eigenvalue weighted by atomic mass is 10.2. The molecule has 0 spiro atoms. The van der Waals surface area contributed by atoms with Crippen molar-refractivity contribution in [2.75, 3.05) is 32.8 Å². The molecule has 1 aliphatic rings. The van der Waals surface area contributed by atoms with Crippen LogP contribution in [0.15, 0.2) is 12.4 Å². The van der Waals surface area contributed by atoms with Gasteiger partial charge in [0.25, 0.3) is 5.91 Å². The van der Waals surface area contributed by atoms with E-state index in [-0.39, 0.29) is 16.6 Å². The summed E-state index contributed by atoms with van der Waals surface area (Å²) in [4.78, 5) is 24.1. The molecule has 0 aromatic carbocycles. The molecule has 1 aliphatic heterocycles. The summed E-state index contributed by atoms with van der Waals surface area (Å²) in [6.07, 6.45) is -1.22. The van der Waals surface area contributed by atoms with Gasteiger partial charge in [-0.25, -0.2) is 4.98 Å². The molecule has 2 N–H and O–H groups in total. The fraction of sp³-hybridized carbons (Fsp3) is 0.562. The molecule has 1 saturated heterocycles. The lowest BCUT2D eigenvalue weighted by Gasteiger charge is -2.34. The Kier molecular flexibility index (Phi) is 5.42. The van der Waals surface area contributed by atoms with Crippen LogP contribution in [-0.4, -0.2) is 64.6 Å². The fourth-order valence-electron chi connectivity index (χ4n) is 3.00. The zero-order valence-corrected chi connectivity index (χ0v) is 14.3. The van der Waals surface area contributed by atoms with Crippen molar-refractivity contribution in [2.45, 2.75) is 25.6 Å². The number of aromatic nitrogens is 3. The van der Waals surface area contributed by atoms with Crippen LogP contribution in [-0.2, 0) is 10.9 Å². The first-order chi connectivity index (χ1) is 12.4. The van der Waals surface area contributed by atoms with Crippen molar-refractivity contribution in [1.29, 1.82) is 0 Å². The number of nitrogens with one attached hydrogen (secondary N) is 2. The average molecular weight is 371 g/mol. The van der Waals surface area contributed by atoms with Gasteiger partial charge in [0.2, 0.25) is 5.82 Å². The number of hydrogen-bond donors (Lipinski definition) is 2. The standard InChI is InChI=1S/C16H20F3N5O2/c1-2-10-9-26-6-5-24(10)4-3-21-14(25)11-7-20-8-12-13(11)23-15(22-12)16(17,18)19/h7-8,10H,2-6,9H2,1H3,(H,21,25)(H,22,23). The van der Waals surface area contributed by atoms with Gasteiger partial charge in [-0.05, 0) is 6.42 Å². The van der Waals surface area contributed by atoms with Gasteiger partial charge in [0.1, 0.15) is 5.52 Å². The molecule has 3 heterocycles. The lowest BCUT2D eigenvalue weighted by molar-refractivity contribution is -0.144. The SMILES string of the molecule is CCC1COCCN1CCNC(=O)c1cncc2[nH]c(C(F)(F)F)nc12. The van der Waals surface area contributed by atoms with E-state index in [1.807, 2.05) is 0 Å². The molecular weight excluding hydrogens is 351 g/mol. The van der Waals surface area contributed by atoms with Gasteiger partial charge in [0, 0.05) is 31.9 Å². The molecule has 1 amide bonds. The molecule has 0 radical (unpaired) electrons. The van der Waals surface area contributed by atoms with Gasteiger partial charge >= 0.3 is 6.18 Å². The summed E-state index contributed by atoms with van der Waals surface area (Å²) in [7, 11) is 0. The maximum Gasteiger partial charge on any atom is 0.449 e. The number of pyridine rings is 1. The number of alkyl halides is 3. The van der Waals surface area contributed by atoms with Crippen molar-refractivity contribution >= 4 is 16.9 Å². The Balaban J connectivity index is 1.67. The Hall–Kier alpha value is -2.20. The number of halogens is 3. The monoisotopic (exact) mass is 371 g/mol. The zero-order valence-electron chi connectivity index (χ0n) is 14.3. The highest BCUT2D eigenvalue weighted by atomic mass is 19.4. The molecule has 0 aliphatic carbocycles. The van der Waals surface area contributed by atoms with Crippen LogP contribution in [0.3, 0.4) is 0 Å². The van der Waals surface area contributed by atoms with Crippen molar-refractivity contribution in [1.82, 2.24) is 25.2 Å². The van der Waals surface area contributed by atoms with E-state index >= 15 is 0 Å². The summed E-state index contributed by atoms with van der Waals surface area (Å²) in [6, 6.07) is 0.312. The summed E-state index contributed by atoms with van der Waals surface area (Å²) in [6.45, 7) is 5.21. The first-order valence-electron chi connectivity index (χ1n) is 8.41. The zero-order chi connectivity index (χ0) is 18.7. The molecule has 1 unspecified atom stereocenters. The number of H-pyrrole nitrogens is 1. The van der Waals surface area contributed by atoms with Crippen LogP contribution >= 0.6 is 0 Å². The van der Waals surface area contributed by atoms with E-state index in [1.165, 1.54) is 12.4 Å². The molecule has 7 nitrogen and oxygen atoms in total. The van der Waals surface area contributed by atoms with Gasteiger partial charge in [-0.3, -0.25) is 14.7 Å². The van der Waals surface area contributed by atoms with E-state index in [4.69, 9.17) is 4.74 Å². The van der Waals surface area contributed by atoms with E-state index in [0.717, 1.165) is 13.0 Å². The summed E-state index contributed by atoms with van der Waals surface area (Å²) < 4.78 is 43.9. The van der Waals surface area contributed by atoms with Gasteiger partial charge < -0.3 is 15.0 Å². The second-order valence-electron chi connectivity index (χ2n) is 6.10. The maximum absolute atomic E-state index is 12.8. The quantitative estimate of drug-likeness (QED) is 0.838. The van der Waals surface area contributed by atoms with Crippen LogP contribution < -0.4 is 5.32 Å². The molecule has 1 atom stereocenters. The Morgan fingerprint density at radius 1 is 1.46 bits per heavy atom. The minimum Gasteiger partial charge on any atom is -0.378 e. The molecule has 26 heavy (non-hydrogen) atoms. The highest BCUT2D eigenvalue weighted by Gasteiger charge is 2.35. The molecule has 1 fully saturated rings. The topological polar surface area (TPSA) is 83.1 Å². The summed E-state index contributed by atoms with van der Waals surface area (Å²) in [5.74, 6) is -1.64. The van der Waals surface area contributed by atoms with Crippen LogP contribution in [0.25, 0.3) is 11.0 Å². The average Bonchev–Trinajstić information content (AvgIpc) is 3.06. The summed E-state index contributed by atoms with van der Waals surface area (Å²) >= 11 is 0. The second kappa shape index (κ2) is 7.58. The van der Waals surface area contributed by atoms with Gasteiger partial charge in [0.15, 0.2) is 0 Å². The minimum atomic E-state index is -4.61. The predicted octanol–water partition coefficient (Wildman–Crippen LogP) is 1.82. The first kappa shape index (κ1) is 18.6. The van der Waals surface area contributed by atoms with Crippen LogP contribution in [0.2, 0.25) is 0 Å². The van der Waals surface area contributed by atoms with E-state index in [1.54, 1.807) is 0 Å². The van der Waals surface area contributed by atoms with Gasteiger partial charge in [0.05, 0.1) is 30.5 Å². The number of morpholine rings is 1. The number of nitrogens with zero attached hydrogens (tertiary/aromatic N) is 3. The number of aromatic amines is 1. The van der Waals surface area contributed by atoms with Crippen LogP contribution in [0.5, 0.6) is 0 Å². The molecule has 2 aromatic heterocycles. The molecular formula is C16H20F3N5O2. The molecule has 3 rings (SSSR count). The normalized spacial score (nSPS) is 19.0. The van der Waals surface area contributed by atoms with E-state index in [9.17, 15) is 18.0 Å². The van der Waals surface area contributed by atoms with Crippen molar-refractivity contribution in [3.05, 3.63) is 23.8 Å². The van der Waals surface area contributed by atoms with Crippen molar-refractivity contribution < 1.29 is 22.7 Å². The number of carbonyl (C=O) groups is 1. The van der Waals surface area contributed by atoms with Crippen molar-refractivity contribution in [2.24, 2.45) is 0 Å². The highest BCUT2D eigenvalue weighted by Crippen LogP contribution is 2.29. The van der Waals surface area contributed by atoms with Gasteiger partial charge in [-0.2, -0.15) is 13.2 Å². The van der Waals surface area contributed by atoms with Crippen molar-refractivity contribution in [3.8, 4) is 0 Å². The van der Waals surface area contributed by atoms with Gasteiger partial charge in [-0.15, -0.1) is 0 Å². The summed E-state index contributed by atoms with van der Waals surface area (Å²) in [5, 5.41) is 2.73. The molecule has 142 valence electrons. The van der Waals surface area contributed by atoms with Crippen molar-refractivity contribution in [3.63, 3.8) is 0 Å². The number of ether oxygens (including phenoxy) is 1. The maximum atomic E-state index is 12.8. The van der Waals surface area contributed by atoms with Crippen LogP contribution in [0.1, 0.15) is 29.5 Å². The number of carbonyl (C=O) groups excluding carboxylic acids is 1. The molecule has 10 heteroatoms. The van der Waals surface area contributed by atoms with E-state index in [0.29, 0.717) is 32.3 Å². The third kappa shape index (κ3) is 3.96.